The van der Waals surface area contributed by atoms with Crippen LogP contribution in [0.15, 0.2) is 47.4 Å². The van der Waals surface area contributed by atoms with Gasteiger partial charge in [0.05, 0.1) is 4.90 Å². The van der Waals surface area contributed by atoms with Crippen LogP contribution in [0.5, 0.6) is 5.75 Å². The van der Waals surface area contributed by atoms with Crippen molar-refractivity contribution in [2.45, 2.75) is 31.6 Å². The first kappa shape index (κ1) is 19.4. The summed E-state index contributed by atoms with van der Waals surface area (Å²) in [6.45, 7) is 4.90. The van der Waals surface area contributed by atoms with Crippen LogP contribution in [0.2, 0.25) is 0 Å². The maximum absolute atomic E-state index is 12.5. The summed E-state index contributed by atoms with van der Waals surface area (Å²) in [6.07, 6.45) is 1.79. The Labute approximate surface area is 160 Å². The maximum Gasteiger partial charge on any atom is 0.262 e. The van der Waals surface area contributed by atoms with E-state index in [9.17, 15) is 13.2 Å². The number of ether oxygens (including phenoxy) is 1. The molecule has 0 saturated carbocycles. The van der Waals surface area contributed by atoms with Crippen LogP contribution in [0.3, 0.4) is 0 Å². The molecule has 1 saturated heterocycles. The topological polar surface area (TPSA) is 75.7 Å². The van der Waals surface area contributed by atoms with Crippen molar-refractivity contribution in [2.75, 3.05) is 25.0 Å². The summed E-state index contributed by atoms with van der Waals surface area (Å²) in [5.74, 6) is 0.378. The largest absolute Gasteiger partial charge is 0.483 e. The number of carbonyl (C=O) groups is 1. The third kappa shape index (κ3) is 4.67. The zero-order valence-corrected chi connectivity index (χ0v) is 16.4. The second-order valence-corrected chi connectivity index (χ2v) is 8.68. The van der Waals surface area contributed by atoms with Gasteiger partial charge < -0.3 is 10.1 Å². The van der Waals surface area contributed by atoms with Gasteiger partial charge in [-0.15, -0.1) is 0 Å². The molecule has 0 radical (unpaired) electrons. The Bertz CT molecular complexity index is 917. The summed E-state index contributed by atoms with van der Waals surface area (Å²) in [7, 11) is -3.44. The molecule has 2 aromatic carbocycles. The first-order chi connectivity index (χ1) is 12.9. The Morgan fingerprint density at radius 1 is 1.07 bits per heavy atom. The lowest BCUT2D eigenvalue weighted by Crippen LogP contribution is -2.27. The molecule has 27 heavy (non-hydrogen) atoms. The number of hydrogen-bond donors (Lipinski definition) is 1. The Kier molecular flexibility index (Phi) is 5.82. The number of carbonyl (C=O) groups excluding carboxylic acids is 1. The van der Waals surface area contributed by atoms with Gasteiger partial charge in [-0.05, 0) is 68.1 Å². The van der Waals surface area contributed by atoms with Crippen molar-refractivity contribution in [3.8, 4) is 5.75 Å². The van der Waals surface area contributed by atoms with Crippen LogP contribution in [-0.4, -0.2) is 38.3 Å². The predicted octanol–water partition coefficient (Wildman–Crippen LogP) is 3.11. The number of sulfonamides is 1. The molecule has 7 heteroatoms. The van der Waals surface area contributed by atoms with Gasteiger partial charge in [-0.25, -0.2) is 8.42 Å². The lowest BCUT2D eigenvalue weighted by Gasteiger charge is -2.15. The molecule has 0 unspecified atom stereocenters. The van der Waals surface area contributed by atoms with Gasteiger partial charge in [-0.3, -0.25) is 4.79 Å². The van der Waals surface area contributed by atoms with Gasteiger partial charge in [0.1, 0.15) is 5.75 Å². The van der Waals surface area contributed by atoms with Gasteiger partial charge in [-0.2, -0.15) is 4.31 Å². The number of aryl methyl sites for hydroxylation is 2. The quantitative estimate of drug-likeness (QED) is 0.825. The molecule has 1 heterocycles. The number of nitrogens with one attached hydrogen (secondary N) is 1. The van der Waals surface area contributed by atoms with Gasteiger partial charge in [-0.1, -0.05) is 12.1 Å². The van der Waals surface area contributed by atoms with Crippen LogP contribution >= 0.6 is 0 Å². The number of amides is 1. The number of benzene rings is 2. The van der Waals surface area contributed by atoms with Crippen LogP contribution in [0.25, 0.3) is 0 Å². The van der Waals surface area contributed by atoms with E-state index in [4.69, 9.17) is 4.74 Å². The summed E-state index contributed by atoms with van der Waals surface area (Å²) in [5.41, 5.74) is 2.56. The molecule has 2 aromatic rings. The predicted molar refractivity (Wildman–Crippen MR) is 104 cm³/mol. The molecule has 1 aliphatic rings. The van der Waals surface area contributed by atoms with E-state index in [-0.39, 0.29) is 17.4 Å². The lowest BCUT2D eigenvalue weighted by molar-refractivity contribution is -0.118. The SMILES string of the molecule is Cc1ccc(C)c(OCC(=O)Nc2ccc(S(=O)(=O)N3CCCC3)cc2)c1. The second kappa shape index (κ2) is 8.10. The van der Waals surface area contributed by atoms with Crippen LogP contribution in [0, 0.1) is 13.8 Å². The van der Waals surface area contributed by atoms with E-state index in [2.05, 4.69) is 5.32 Å². The first-order valence-electron chi connectivity index (χ1n) is 8.96. The molecule has 0 atom stereocenters. The van der Waals surface area contributed by atoms with E-state index in [1.807, 2.05) is 32.0 Å². The Balaban J connectivity index is 1.59. The molecular formula is C20H24N2O4S. The number of rotatable bonds is 6. The lowest BCUT2D eigenvalue weighted by atomic mass is 10.1. The monoisotopic (exact) mass is 388 g/mol. The fourth-order valence-electron chi connectivity index (χ4n) is 2.99. The van der Waals surface area contributed by atoms with Crippen molar-refractivity contribution >= 4 is 21.6 Å². The molecular weight excluding hydrogens is 364 g/mol. The minimum atomic E-state index is -3.44. The summed E-state index contributed by atoms with van der Waals surface area (Å²) in [5, 5.41) is 2.72. The van der Waals surface area contributed by atoms with E-state index < -0.39 is 10.0 Å². The van der Waals surface area contributed by atoms with Crippen molar-refractivity contribution in [3.63, 3.8) is 0 Å². The van der Waals surface area contributed by atoms with Crippen LogP contribution in [-0.2, 0) is 14.8 Å². The zero-order valence-electron chi connectivity index (χ0n) is 15.6. The standard InChI is InChI=1S/C20H24N2O4S/c1-15-5-6-16(2)19(13-15)26-14-20(23)21-17-7-9-18(10-8-17)27(24,25)22-11-3-4-12-22/h5-10,13H,3-4,11-12,14H2,1-2H3,(H,21,23). The van der Waals surface area contributed by atoms with E-state index in [0.29, 0.717) is 24.5 Å². The number of nitrogens with zero attached hydrogens (tertiary/aromatic N) is 1. The summed E-state index contributed by atoms with van der Waals surface area (Å²) in [6, 6.07) is 12.1. The van der Waals surface area contributed by atoms with Gasteiger partial charge in [0, 0.05) is 18.8 Å². The molecule has 3 rings (SSSR count). The summed E-state index contributed by atoms with van der Waals surface area (Å²) >= 11 is 0. The zero-order chi connectivity index (χ0) is 19.4. The van der Waals surface area contributed by atoms with Crippen molar-refractivity contribution < 1.29 is 17.9 Å². The molecule has 144 valence electrons. The minimum Gasteiger partial charge on any atom is -0.483 e. The number of anilines is 1. The van der Waals surface area contributed by atoms with Crippen LogP contribution < -0.4 is 10.1 Å². The number of hydrogen-bond acceptors (Lipinski definition) is 4. The Morgan fingerprint density at radius 3 is 2.41 bits per heavy atom. The normalized spacial score (nSPS) is 14.9. The summed E-state index contributed by atoms with van der Waals surface area (Å²) < 4.78 is 32.1. The highest BCUT2D eigenvalue weighted by Crippen LogP contribution is 2.22. The average molecular weight is 388 g/mol. The third-order valence-corrected chi connectivity index (χ3v) is 6.46. The van der Waals surface area contributed by atoms with Crippen LogP contribution in [0.4, 0.5) is 5.69 Å². The molecule has 1 N–H and O–H groups in total. The smallest absolute Gasteiger partial charge is 0.262 e. The van der Waals surface area contributed by atoms with Crippen molar-refractivity contribution in [1.82, 2.24) is 4.31 Å². The summed E-state index contributed by atoms with van der Waals surface area (Å²) in [4.78, 5) is 12.4. The van der Waals surface area contributed by atoms with Gasteiger partial charge >= 0.3 is 0 Å². The fraction of sp³-hybridized carbons (Fsp3) is 0.350. The van der Waals surface area contributed by atoms with E-state index in [1.54, 1.807) is 12.1 Å². The molecule has 6 nitrogen and oxygen atoms in total. The second-order valence-electron chi connectivity index (χ2n) is 6.74. The van der Waals surface area contributed by atoms with E-state index >= 15 is 0 Å². The fourth-order valence-corrected chi connectivity index (χ4v) is 4.51. The molecule has 0 spiro atoms. The van der Waals surface area contributed by atoms with E-state index in [0.717, 1.165) is 24.0 Å². The highest BCUT2D eigenvalue weighted by atomic mass is 32.2. The minimum absolute atomic E-state index is 0.113. The first-order valence-corrected chi connectivity index (χ1v) is 10.4. The van der Waals surface area contributed by atoms with Crippen molar-refractivity contribution in [1.29, 1.82) is 0 Å². The maximum atomic E-state index is 12.5. The van der Waals surface area contributed by atoms with Crippen molar-refractivity contribution in [2.24, 2.45) is 0 Å². The molecule has 1 amide bonds. The average Bonchev–Trinajstić information content (AvgIpc) is 3.18. The van der Waals surface area contributed by atoms with Crippen molar-refractivity contribution in [3.05, 3.63) is 53.6 Å². The van der Waals surface area contributed by atoms with Crippen LogP contribution in [0.1, 0.15) is 24.0 Å². The van der Waals surface area contributed by atoms with Gasteiger partial charge in [0.15, 0.2) is 6.61 Å². The molecule has 0 aromatic heterocycles. The van der Waals surface area contributed by atoms with Gasteiger partial charge in [0.25, 0.3) is 5.91 Å². The van der Waals surface area contributed by atoms with Gasteiger partial charge in [0.2, 0.25) is 10.0 Å². The third-order valence-electron chi connectivity index (χ3n) is 4.54. The molecule has 1 aliphatic heterocycles. The van der Waals surface area contributed by atoms with E-state index in [1.165, 1.54) is 16.4 Å². The molecule has 0 bridgehead atoms. The molecule has 1 fully saturated rings. The Morgan fingerprint density at radius 2 is 1.74 bits per heavy atom. The highest BCUT2D eigenvalue weighted by Gasteiger charge is 2.26. The highest BCUT2D eigenvalue weighted by molar-refractivity contribution is 7.89. The molecule has 0 aliphatic carbocycles. The Hall–Kier alpha value is -2.38.